The lowest BCUT2D eigenvalue weighted by atomic mass is 9.96. The Balaban J connectivity index is 1.52. The Kier molecular flexibility index (Phi) is 6.11. The number of piperazine rings is 1. The molecule has 28 heavy (non-hydrogen) atoms. The number of thioether (sulfide) groups is 1. The highest BCUT2D eigenvalue weighted by atomic mass is 32.2. The molecule has 0 unspecified atom stereocenters. The minimum absolute atomic E-state index is 0.262. The largest absolute Gasteiger partial charge is 0.396 e. The molecule has 5 nitrogen and oxygen atoms in total. The number of likely N-dealkylation sites (N-methyl/N-ethyl adjacent to an activating group) is 1. The minimum Gasteiger partial charge on any atom is -0.396 e. The number of anilines is 1. The molecule has 0 spiro atoms. The van der Waals surface area contributed by atoms with Gasteiger partial charge in [-0.3, -0.25) is 0 Å². The maximum atomic E-state index is 9.99. The molecule has 2 atom stereocenters. The Morgan fingerprint density at radius 1 is 1.11 bits per heavy atom. The number of aliphatic hydroxyl groups excluding tert-OH is 1. The first kappa shape index (κ1) is 20.0. The number of fused-ring (bicyclic) bond motifs is 1. The van der Waals surface area contributed by atoms with Crippen LogP contribution in [0.1, 0.15) is 5.56 Å². The second-order valence-corrected chi connectivity index (χ2v) is 9.27. The molecule has 4 rings (SSSR count). The predicted octanol–water partition coefficient (Wildman–Crippen LogP) is 2.56. The van der Waals surface area contributed by atoms with Crippen molar-refractivity contribution in [2.24, 2.45) is 11.8 Å². The molecule has 0 bridgehead atoms. The van der Waals surface area contributed by atoms with Gasteiger partial charge in [0.2, 0.25) is 0 Å². The number of hydrogen-bond acceptors (Lipinski definition) is 6. The van der Waals surface area contributed by atoms with Crippen LogP contribution in [0.2, 0.25) is 0 Å². The van der Waals surface area contributed by atoms with E-state index in [-0.39, 0.29) is 6.61 Å². The molecule has 0 aliphatic carbocycles. The highest BCUT2D eigenvalue weighted by Crippen LogP contribution is 2.31. The Bertz CT molecular complexity index is 822. The minimum atomic E-state index is 0.262. The molecule has 2 saturated heterocycles. The van der Waals surface area contributed by atoms with Crippen molar-refractivity contribution < 1.29 is 5.11 Å². The fraction of sp³-hybridized carbons (Fsp3) is 0.591. The number of rotatable bonds is 5. The molecular formula is C22H32N4OS. The van der Waals surface area contributed by atoms with Crippen molar-refractivity contribution in [3.05, 3.63) is 29.8 Å². The van der Waals surface area contributed by atoms with Crippen LogP contribution in [-0.4, -0.2) is 85.6 Å². The highest BCUT2D eigenvalue weighted by Gasteiger charge is 2.34. The van der Waals surface area contributed by atoms with Crippen LogP contribution < -0.4 is 4.90 Å². The van der Waals surface area contributed by atoms with Crippen molar-refractivity contribution in [1.82, 2.24) is 14.8 Å². The zero-order chi connectivity index (χ0) is 19.7. The summed E-state index contributed by atoms with van der Waals surface area (Å²) in [5, 5.41) is 11.2. The number of benzene rings is 1. The van der Waals surface area contributed by atoms with Crippen LogP contribution in [-0.2, 0) is 0 Å². The van der Waals surface area contributed by atoms with Crippen LogP contribution in [0.25, 0.3) is 10.9 Å². The van der Waals surface area contributed by atoms with Gasteiger partial charge in [0.25, 0.3) is 0 Å². The van der Waals surface area contributed by atoms with Gasteiger partial charge in [-0.15, -0.1) is 11.8 Å². The van der Waals surface area contributed by atoms with Gasteiger partial charge in [-0.1, -0.05) is 6.07 Å². The average molecular weight is 401 g/mol. The molecule has 1 aromatic carbocycles. The molecule has 2 aliphatic rings. The van der Waals surface area contributed by atoms with E-state index >= 15 is 0 Å². The Labute approximate surface area is 172 Å². The quantitative estimate of drug-likeness (QED) is 0.778. The number of aryl methyl sites for hydroxylation is 1. The zero-order valence-corrected chi connectivity index (χ0v) is 18.1. The van der Waals surface area contributed by atoms with Crippen LogP contribution in [0.15, 0.2) is 29.2 Å². The summed E-state index contributed by atoms with van der Waals surface area (Å²) >= 11 is 1.76. The van der Waals surface area contributed by atoms with Crippen LogP contribution >= 0.6 is 11.8 Å². The van der Waals surface area contributed by atoms with E-state index in [2.05, 4.69) is 59.2 Å². The van der Waals surface area contributed by atoms with Crippen molar-refractivity contribution in [2.75, 3.05) is 70.6 Å². The first-order valence-corrected chi connectivity index (χ1v) is 11.5. The van der Waals surface area contributed by atoms with Gasteiger partial charge in [-0.05, 0) is 49.9 Å². The topological polar surface area (TPSA) is 42.8 Å². The lowest BCUT2D eigenvalue weighted by Gasteiger charge is -2.34. The third-order valence-electron chi connectivity index (χ3n) is 6.43. The van der Waals surface area contributed by atoms with E-state index in [9.17, 15) is 5.11 Å². The number of hydrogen-bond donors (Lipinski definition) is 1. The van der Waals surface area contributed by atoms with Crippen LogP contribution in [0.3, 0.4) is 0 Å². The smallest absolute Gasteiger partial charge is 0.129 e. The van der Waals surface area contributed by atoms with Gasteiger partial charge in [0.05, 0.1) is 5.52 Å². The number of nitrogens with zero attached hydrogens (tertiary/aromatic N) is 4. The molecule has 6 heteroatoms. The van der Waals surface area contributed by atoms with Crippen molar-refractivity contribution in [3.63, 3.8) is 0 Å². The van der Waals surface area contributed by atoms with Gasteiger partial charge >= 0.3 is 0 Å². The molecule has 2 aromatic rings. The maximum absolute atomic E-state index is 9.99. The SMILES string of the molecule is CSc1ccc2c(C)cc(N3C[C@@H](CN4CCN(C)CC4)[C@@H](CO)C3)nc2c1. The lowest BCUT2D eigenvalue weighted by molar-refractivity contribution is 0.116. The van der Waals surface area contributed by atoms with Crippen molar-refractivity contribution in [3.8, 4) is 0 Å². The molecule has 0 saturated carbocycles. The monoisotopic (exact) mass is 400 g/mol. The number of aromatic nitrogens is 1. The normalized spacial score (nSPS) is 24.4. The Hall–Kier alpha value is -1.34. The van der Waals surface area contributed by atoms with E-state index in [1.54, 1.807) is 11.8 Å². The molecule has 1 aromatic heterocycles. The van der Waals surface area contributed by atoms with E-state index in [1.807, 2.05) is 0 Å². The summed E-state index contributed by atoms with van der Waals surface area (Å²) in [6.45, 7) is 9.95. The second kappa shape index (κ2) is 8.57. The molecule has 3 heterocycles. The first-order valence-electron chi connectivity index (χ1n) is 10.3. The van der Waals surface area contributed by atoms with Crippen molar-refractivity contribution in [1.29, 1.82) is 0 Å². The molecule has 0 amide bonds. The van der Waals surface area contributed by atoms with Crippen LogP contribution in [0.5, 0.6) is 0 Å². The Morgan fingerprint density at radius 2 is 1.86 bits per heavy atom. The summed E-state index contributed by atoms with van der Waals surface area (Å²) in [7, 11) is 2.20. The van der Waals surface area contributed by atoms with Crippen molar-refractivity contribution >= 4 is 28.5 Å². The molecule has 1 N–H and O–H groups in total. The first-order chi connectivity index (χ1) is 13.6. The summed E-state index contributed by atoms with van der Waals surface area (Å²) in [6.07, 6.45) is 2.10. The number of pyridine rings is 1. The van der Waals surface area contributed by atoms with Crippen molar-refractivity contribution in [2.45, 2.75) is 11.8 Å². The standard InChI is InChI=1S/C22H32N4OS/c1-16-10-22(23-21-11-19(28-3)4-5-20(16)21)26-13-17(18(14-26)15-27)12-25-8-6-24(2)7-9-25/h4-5,10-11,17-18,27H,6-9,12-15H2,1-3H3/t17-,18-/m1/s1. The van der Waals surface area contributed by atoms with E-state index in [4.69, 9.17) is 4.98 Å². The van der Waals surface area contributed by atoms with Gasteiger partial charge in [-0.2, -0.15) is 0 Å². The molecule has 0 radical (unpaired) electrons. The van der Waals surface area contributed by atoms with E-state index in [0.29, 0.717) is 11.8 Å². The second-order valence-electron chi connectivity index (χ2n) is 8.39. The zero-order valence-electron chi connectivity index (χ0n) is 17.3. The summed E-state index contributed by atoms with van der Waals surface area (Å²) in [6, 6.07) is 8.76. The fourth-order valence-electron chi connectivity index (χ4n) is 4.56. The summed E-state index contributed by atoms with van der Waals surface area (Å²) < 4.78 is 0. The Morgan fingerprint density at radius 3 is 2.57 bits per heavy atom. The van der Waals surface area contributed by atoms with Gasteiger partial charge in [0, 0.05) is 68.6 Å². The van der Waals surface area contributed by atoms with Gasteiger partial charge in [-0.25, -0.2) is 4.98 Å². The summed E-state index contributed by atoms with van der Waals surface area (Å²) in [5.74, 6) is 1.89. The maximum Gasteiger partial charge on any atom is 0.129 e. The van der Waals surface area contributed by atoms with Gasteiger partial charge < -0.3 is 19.8 Å². The average Bonchev–Trinajstić information content (AvgIpc) is 3.12. The highest BCUT2D eigenvalue weighted by molar-refractivity contribution is 7.98. The van der Waals surface area contributed by atoms with E-state index in [0.717, 1.165) is 57.1 Å². The molecular weight excluding hydrogens is 368 g/mol. The van der Waals surface area contributed by atoms with Gasteiger partial charge in [0.15, 0.2) is 0 Å². The van der Waals surface area contributed by atoms with Gasteiger partial charge in [0.1, 0.15) is 5.82 Å². The van der Waals surface area contributed by atoms with Crippen LogP contribution in [0.4, 0.5) is 5.82 Å². The molecule has 2 aliphatic heterocycles. The fourth-order valence-corrected chi connectivity index (χ4v) is 4.99. The molecule has 152 valence electrons. The van der Waals surface area contributed by atoms with E-state index in [1.165, 1.54) is 15.8 Å². The molecule has 2 fully saturated rings. The summed E-state index contributed by atoms with van der Waals surface area (Å²) in [4.78, 5) is 13.6. The predicted molar refractivity (Wildman–Crippen MR) is 118 cm³/mol. The number of aliphatic hydroxyl groups is 1. The van der Waals surface area contributed by atoms with E-state index < -0.39 is 0 Å². The lowest BCUT2D eigenvalue weighted by Crippen LogP contribution is -2.47. The van der Waals surface area contributed by atoms with Crippen LogP contribution in [0, 0.1) is 18.8 Å². The summed E-state index contributed by atoms with van der Waals surface area (Å²) in [5.41, 5.74) is 2.35. The third kappa shape index (κ3) is 4.15. The third-order valence-corrected chi connectivity index (χ3v) is 7.16.